The summed E-state index contributed by atoms with van der Waals surface area (Å²) >= 11 is 3.73. The minimum absolute atomic E-state index is 0.836. The van der Waals surface area contributed by atoms with E-state index in [0.717, 1.165) is 29.4 Å². The zero-order valence-corrected chi connectivity index (χ0v) is 22.6. The van der Waals surface area contributed by atoms with Gasteiger partial charge in [0.25, 0.3) is 0 Å². The number of allylic oxidation sites excluding steroid dienone is 11. The van der Waals surface area contributed by atoms with Crippen LogP contribution in [0.1, 0.15) is 26.2 Å². The van der Waals surface area contributed by atoms with Crippen molar-refractivity contribution in [2.24, 2.45) is 0 Å². The summed E-state index contributed by atoms with van der Waals surface area (Å²) < 4.78 is 5.96. The van der Waals surface area contributed by atoms with Crippen LogP contribution in [0.3, 0.4) is 0 Å². The highest BCUT2D eigenvalue weighted by Gasteiger charge is 2.21. The lowest BCUT2D eigenvalue weighted by atomic mass is 10.1. The van der Waals surface area contributed by atoms with Crippen molar-refractivity contribution < 1.29 is 0 Å². The lowest BCUT2D eigenvalue weighted by Crippen LogP contribution is -2.00. The molecule has 3 aromatic carbocycles. The summed E-state index contributed by atoms with van der Waals surface area (Å²) in [5, 5.41) is 5.01. The van der Waals surface area contributed by atoms with Crippen LogP contribution >= 0.6 is 15.9 Å². The first-order valence-electron chi connectivity index (χ1n) is 12.9. The van der Waals surface area contributed by atoms with Gasteiger partial charge in [0.15, 0.2) is 0 Å². The molecular weight excluding hydrogens is 516 g/mol. The van der Waals surface area contributed by atoms with Gasteiger partial charge in [-0.1, -0.05) is 82.7 Å². The van der Waals surface area contributed by atoms with E-state index in [-0.39, 0.29) is 0 Å². The van der Waals surface area contributed by atoms with Gasteiger partial charge in [0, 0.05) is 37.4 Å². The van der Waals surface area contributed by atoms with Gasteiger partial charge < -0.3 is 9.13 Å². The highest BCUT2D eigenvalue weighted by molar-refractivity contribution is 9.10. The smallest absolute Gasteiger partial charge is 0.0788 e. The Bertz CT molecular complexity index is 1830. The minimum atomic E-state index is 0.836. The second kappa shape index (κ2) is 9.91. The lowest BCUT2D eigenvalue weighted by Gasteiger charge is -2.14. The van der Waals surface area contributed by atoms with Crippen molar-refractivity contribution in [2.45, 2.75) is 26.2 Å². The molecule has 0 unspecified atom stereocenters. The van der Waals surface area contributed by atoms with Crippen LogP contribution in [-0.4, -0.2) is 9.13 Å². The summed E-state index contributed by atoms with van der Waals surface area (Å²) in [6.45, 7) is 6.01. The molecule has 0 fully saturated rings. The molecule has 0 saturated heterocycles. The van der Waals surface area contributed by atoms with Crippen molar-refractivity contribution in [1.29, 1.82) is 0 Å². The van der Waals surface area contributed by atoms with Gasteiger partial charge in [-0.25, -0.2) is 0 Å². The number of aromatic nitrogens is 2. The van der Waals surface area contributed by atoms with Crippen LogP contribution in [0.5, 0.6) is 0 Å². The van der Waals surface area contributed by atoms with Crippen molar-refractivity contribution in [3.05, 3.63) is 120 Å². The SMILES string of the molecule is C=CC/C=C\C(=C/C)n1c2ccccc2c2ccc3c4cc(Br)ccc4n(C4=C/C=C\CCC=C4)c3c21. The first-order valence-corrected chi connectivity index (χ1v) is 13.7. The number of benzene rings is 3. The van der Waals surface area contributed by atoms with E-state index in [1.54, 1.807) is 0 Å². The van der Waals surface area contributed by atoms with Gasteiger partial charge in [-0.05, 0) is 68.7 Å². The maximum Gasteiger partial charge on any atom is 0.0788 e. The van der Waals surface area contributed by atoms with Crippen molar-refractivity contribution in [1.82, 2.24) is 9.13 Å². The maximum absolute atomic E-state index is 3.89. The fraction of sp³-hybridized carbons (Fsp3) is 0.118. The molecule has 2 heterocycles. The van der Waals surface area contributed by atoms with Crippen LogP contribution in [0.2, 0.25) is 0 Å². The van der Waals surface area contributed by atoms with Gasteiger partial charge >= 0.3 is 0 Å². The predicted octanol–water partition coefficient (Wildman–Crippen LogP) is 10.4. The molecule has 0 bridgehead atoms. The molecule has 6 rings (SSSR count). The third kappa shape index (κ3) is 3.95. The summed E-state index contributed by atoms with van der Waals surface area (Å²) in [5.41, 5.74) is 7.19. The van der Waals surface area contributed by atoms with Crippen LogP contribution in [0.4, 0.5) is 0 Å². The molecule has 0 saturated carbocycles. The van der Waals surface area contributed by atoms with Crippen LogP contribution in [0, 0.1) is 0 Å². The quantitative estimate of drug-likeness (QED) is 0.154. The van der Waals surface area contributed by atoms with E-state index in [9.17, 15) is 0 Å². The van der Waals surface area contributed by atoms with E-state index >= 15 is 0 Å². The molecule has 2 nitrogen and oxygen atoms in total. The predicted molar refractivity (Wildman–Crippen MR) is 166 cm³/mol. The Morgan fingerprint density at radius 2 is 1.73 bits per heavy atom. The zero-order valence-electron chi connectivity index (χ0n) is 21.0. The fourth-order valence-corrected chi connectivity index (χ4v) is 5.87. The summed E-state index contributed by atoms with van der Waals surface area (Å²) in [7, 11) is 0. The Morgan fingerprint density at radius 1 is 0.919 bits per heavy atom. The van der Waals surface area contributed by atoms with Gasteiger partial charge in [0.2, 0.25) is 0 Å². The first kappa shape index (κ1) is 23.6. The monoisotopic (exact) mass is 544 g/mol. The highest BCUT2D eigenvalue weighted by Crippen LogP contribution is 2.42. The minimum Gasteiger partial charge on any atom is -0.308 e. The van der Waals surface area contributed by atoms with Crippen LogP contribution < -0.4 is 0 Å². The van der Waals surface area contributed by atoms with E-state index in [2.05, 4.69) is 142 Å². The maximum atomic E-state index is 3.89. The number of rotatable bonds is 5. The summed E-state index contributed by atoms with van der Waals surface area (Å²) in [4.78, 5) is 0. The molecule has 5 aromatic rings. The van der Waals surface area contributed by atoms with Crippen molar-refractivity contribution in [3.63, 3.8) is 0 Å². The Balaban J connectivity index is 1.85. The zero-order chi connectivity index (χ0) is 25.4. The van der Waals surface area contributed by atoms with E-state index in [4.69, 9.17) is 0 Å². The highest BCUT2D eigenvalue weighted by atomic mass is 79.9. The second-order valence-electron chi connectivity index (χ2n) is 9.35. The molecule has 0 spiro atoms. The Morgan fingerprint density at radius 3 is 2.57 bits per heavy atom. The summed E-state index contributed by atoms with van der Waals surface area (Å²) in [6, 6.07) is 19.9. The van der Waals surface area contributed by atoms with Crippen LogP contribution in [-0.2, 0) is 0 Å². The third-order valence-corrected chi connectivity index (χ3v) is 7.61. The number of nitrogens with zero attached hydrogens (tertiary/aromatic N) is 2. The topological polar surface area (TPSA) is 9.86 Å². The molecule has 3 heteroatoms. The number of para-hydroxylation sites is 1. The third-order valence-electron chi connectivity index (χ3n) is 7.12. The van der Waals surface area contributed by atoms with Gasteiger partial charge in [0.05, 0.1) is 22.1 Å². The number of halogens is 1. The summed E-state index contributed by atoms with van der Waals surface area (Å²) in [5.74, 6) is 0. The van der Waals surface area contributed by atoms with Crippen LogP contribution in [0.15, 0.2) is 120 Å². The number of hydrogen-bond acceptors (Lipinski definition) is 0. The standard InChI is InChI=1S/C34H29BrN2/c1-3-5-9-14-25(4-2)36-31-18-13-12-17-27(31)28-20-21-29-30-23-24(35)19-22-32(30)37(34(29)33(28)36)26-15-10-7-6-8-11-16-26/h3-4,7,9-23H,1,5-6,8H2,2H3/b10-7-,14-9-,16-11?,25-4+,26-15?. The fourth-order valence-electron chi connectivity index (χ4n) is 5.51. The van der Waals surface area contributed by atoms with Crippen molar-refractivity contribution >= 4 is 70.9 Å². The van der Waals surface area contributed by atoms with E-state index in [1.165, 1.54) is 49.3 Å². The van der Waals surface area contributed by atoms with E-state index < -0.39 is 0 Å². The molecule has 0 aliphatic heterocycles. The molecular formula is C34H29BrN2. The average Bonchev–Trinajstić information content (AvgIpc) is 3.40. The largest absolute Gasteiger partial charge is 0.308 e. The van der Waals surface area contributed by atoms with Crippen molar-refractivity contribution in [3.8, 4) is 0 Å². The van der Waals surface area contributed by atoms with Gasteiger partial charge in [-0.3, -0.25) is 0 Å². The van der Waals surface area contributed by atoms with Gasteiger partial charge in [-0.2, -0.15) is 0 Å². The molecule has 0 amide bonds. The normalized spacial score (nSPS) is 15.6. The molecule has 1 aliphatic rings. The van der Waals surface area contributed by atoms with Crippen LogP contribution in [0.25, 0.3) is 55.0 Å². The Labute approximate surface area is 226 Å². The van der Waals surface area contributed by atoms with E-state index in [1.807, 2.05) is 6.08 Å². The second-order valence-corrected chi connectivity index (χ2v) is 10.3. The lowest BCUT2D eigenvalue weighted by molar-refractivity contribution is 1.05. The summed E-state index contributed by atoms with van der Waals surface area (Å²) in [6.07, 6.45) is 22.7. The first-order chi connectivity index (χ1) is 18.2. The average molecular weight is 546 g/mol. The van der Waals surface area contributed by atoms with Gasteiger partial charge in [0.1, 0.15) is 0 Å². The van der Waals surface area contributed by atoms with Crippen molar-refractivity contribution in [2.75, 3.05) is 0 Å². The number of fused-ring (bicyclic) bond motifs is 7. The molecule has 2 aromatic heterocycles. The molecule has 37 heavy (non-hydrogen) atoms. The van der Waals surface area contributed by atoms with E-state index in [0.29, 0.717) is 0 Å². The Hall–Kier alpha value is -3.82. The number of hydrogen-bond donors (Lipinski definition) is 0. The molecule has 0 radical (unpaired) electrons. The molecule has 0 N–H and O–H groups in total. The molecule has 0 atom stereocenters. The molecule has 182 valence electrons. The van der Waals surface area contributed by atoms with Gasteiger partial charge in [-0.15, -0.1) is 6.58 Å². The molecule has 1 aliphatic carbocycles. The Kier molecular flexibility index (Phi) is 6.31.